The van der Waals surface area contributed by atoms with Crippen molar-refractivity contribution in [1.82, 2.24) is 9.47 Å². The lowest BCUT2D eigenvalue weighted by atomic mass is 10.1. The van der Waals surface area contributed by atoms with Crippen LogP contribution >= 0.6 is 11.3 Å². The molecular formula is C20H23N3OS. The van der Waals surface area contributed by atoms with Gasteiger partial charge in [0.05, 0.1) is 0 Å². The van der Waals surface area contributed by atoms with Crippen LogP contribution in [-0.4, -0.2) is 21.9 Å². The quantitative estimate of drug-likeness (QED) is 0.614. The van der Waals surface area contributed by atoms with Crippen LogP contribution in [0.1, 0.15) is 40.7 Å². The van der Waals surface area contributed by atoms with Crippen molar-refractivity contribution in [1.29, 1.82) is 5.26 Å². The van der Waals surface area contributed by atoms with Crippen molar-refractivity contribution in [2.24, 2.45) is 0 Å². The topological polar surface area (TPSA) is 49.0 Å². The number of amides is 1. The second-order valence-electron chi connectivity index (χ2n) is 6.49. The van der Waals surface area contributed by atoms with Crippen LogP contribution in [0.3, 0.4) is 0 Å². The molecule has 0 radical (unpaired) electrons. The number of fused-ring (bicyclic) bond motifs is 1. The molecule has 0 aliphatic carbocycles. The van der Waals surface area contributed by atoms with E-state index in [0.717, 1.165) is 36.3 Å². The third-order valence-electron chi connectivity index (χ3n) is 4.81. The number of thiophene rings is 1. The summed E-state index contributed by atoms with van der Waals surface area (Å²) < 4.78 is 2.24. The lowest BCUT2D eigenvalue weighted by molar-refractivity contribution is -0.127. The summed E-state index contributed by atoms with van der Waals surface area (Å²) in [7, 11) is 0. The number of aryl methyl sites for hydroxylation is 1. The molecule has 0 saturated carbocycles. The zero-order valence-corrected chi connectivity index (χ0v) is 15.8. The molecule has 3 heterocycles. The molecule has 0 N–H and O–H groups in total. The average molecular weight is 353 g/mol. The first-order valence-corrected chi connectivity index (χ1v) is 9.56. The van der Waals surface area contributed by atoms with Crippen molar-refractivity contribution in [3.05, 3.63) is 50.5 Å². The monoisotopic (exact) mass is 353 g/mol. The van der Waals surface area contributed by atoms with E-state index < -0.39 is 0 Å². The van der Waals surface area contributed by atoms with Crippen molar-refractivity contribution in [3.63, 3.8) is 0 Å². The summed E-state index contributed by atoms with van der Waals surface area (Å²) in [4.78, 5) is 16.0. The predicted octanol–water partition coefficient (Wildman–Crippen LogP) is 4.07. The fraction of sp³-hybridized carbons (Fsp3) is 0.400. The Morgan fingerprint density at radius 3 is 2.96 bits per heavy atom. The van der Waals surface area contributed by atoms with Crippen molar-refractivity contribution >= 4 is 23.3 Å². The van der Waals surface area contributed by atoms with Crippen LogP contribution in [-0.2, 0) is 24.3 Å². The Morgan fingerprint density at radius 2 is 2.24 bits per heavy atom. The van der Waals surface area contributed by atoms with Gasteiger partial charge in [0.2, 0.25) is 0 Å². The second kappa shape index (κ2) is 7.28. The Morgan fingerprint density at radius 1 is 1.44 bits per heavy atom. The first-order chi connectivity index (χ1) is 12.0. The highest BCUT2D eigenvalue weighted by atomic mass is 32.1. The van der Waals surface area contributed by atoms with Crippen LogP contribution in [0.15, 0.2) is 23.1 Å². The van der Waals surface area contributed by atoms with Gasteiger partial charge in [0.25, 0.3) is 5.91 Å². The van der Waals surface area contributed by atoms with Gasteiger partial charge in [0.1, 0.15) is 11.6 Å². The third-order valence-corrected chi connectivity index (χ3v) is 5.83. The molecule has 1 amide bonds. The zero-order chi connectivity index (χ0) is 18.0. The fourth-order valence-corrected chi connectivity index (χ4v) is 4.32. The van der Waals surface area contributed by atoms with Crippen molar-refractivity contribution < 1.29 is 4.79 Å². The molecule has 0 aromatic carbocycles. The van der Waals surface area contributed by atoms with Gasteiger partial charge in [-0.3, -0.25) is 4.79 Å². The Bertz CT molecular complexity index is 866. The molecule has 1 aliphatic heterocycles. The van der Waals surface area contributed by atoms with Crippen molar-refractivity contribution in [2.45, 2.75) is 46.7 Å². The van der Waals surface area contributed by atoms with Crippen LogP contribution in [0, 0.1) is 25.2 Å². The number of aromatic nitrogens is 1. The molecule has 2 aromatic heterocycles. The molecule has 3 rings (SSSR count). The van der Waals surface area contributed by atoms with Crippen molar-refractivity contribution in [2.75, 3.05) is 6.54 Å². The Balaban J connectivity index is 1.85. The molecule has 2 aromatic rings. The number of carbonyl (C=O) groups excluding carboxylic acids is 1. The zero-order valence-electron chi connectivity index (χ0n) is 15.0. The normalized spacial score (nSPS) is 14.3. The second-order valence-corrected chi connectivity index (χ2v) is 7.49. The van der Waals surface area contributed by atoms with Gasteiger partial charge in [-0.2, -0.15) is 5.26 Å². The van der Waals surface area contributed by atoms with E-state index >= 15 is 0 Å². The molecule has 0 fully saturated rings. The van der Waals surface area contributed by atoms with Gasteiger partial charge in [-0.05, 0) is 61.4 Å². The van der Waals surface area contributed by atoms with E-state index in [2.05, 4.69) is 42.0 Å². The fourth-order valence-electron chi connectivity index (χ4n) is 3.43. The number of nitrogens with zero attached hydrogens (tertiary/aromatic N) is 3. The van der Waals surface area contributed by atoms with Crippen molar-refractivity contribution in [3.8, 4) is 6.07 Å². The molecule has 0 atom stereocenters. The largest absolute Gasteiger partial charge is 0.349 e. The van der Waals surface area contributed by atoms with E-state index in [-0.39, 0.29) is 11.5 Å². The number of hydrogen-bond acceptors (Lipinski definition) is 3. The number of nitriles is 1. The van der Waals surface area contributed by atoms with E-state index in [0.29, 0.717) is 13.1 Å². The molecule has 130 valence electrons. The highest BCUT2D eigenvalue weighted by Crippen LogP contribution is 2.25. The standard InChI is InChI=1S/C20H23N3OS/c1-4-7-23-14(2)10-17(15(23)3)11-18(12-21)20(24)22-8-5-19-16(13-22)6-9-25-19/h6,9-11H,4-5,7-8,13H2,1-3H3/b18-11+. The van der Waals surface area contributed by atoms with Gasteiger partial charge in [-0.25, -0.2) is 0 Å². The smallest absolute Gasteiger partial charge is 0.264 e. The van der Waals surface area contributed by atoms with Gasteiger partial charge < -0.3 is 9.47 Å². The minimum absolute atomic E-state index is 0.167. The highest BCUT2D eigenvalue weighted by molar-refractivity contribution is 7.10. The van der Waals surface area contributed by atoms with Crippen LogP contribution in [0.4, 0.5) is 0 Å². The van der Waals surface area contributed by atoms with Gasteiger partial charge in [-0.1, -0.05) is 6.92 Å². The molecule has 25 heavy (non-hydrogen) atoms. The van der Waals surface area contributed by atoms with Crippen LogP contribution in [0.25, 0.3) is 6.08 Å². The first kappa shape index (κ1) is 17.5. The number of carbonyl (C=O) groups is 1. The average Bonchev–Trinajstić information content (AvgIpc) is 3.18. The molecule has 0 saturated heterocycles. The number of rotatable bonds is 4. The van der Waals surface area contributed by atoms with E-state index in [1.165, 1.54) is 10.4 Å². The van der Waals surface area contributed by atoms with Crippen LogP contribution < -0.4 is 0 Å². The van der Waals surface area contributed by atoms with Gasteiger partial charge in [0, 0.05) is 35.9 Å². The summed E-state index contributed by atoms with van der Waals surface area (Å²) in [6.07, 6.45) is 3.68. The van der Waals surface area contributed by atoms with Crippen LogP contribution in [0.5, 0.6) is 0 Å². The molecule has 4 nitrogen and oxygen atoms in total. The molecular weight excluding hydrogens is 330 g/mol. The Hall–Kier alpha value is -2.32. The third kappa shape index (κ3) is 3.40. The number of hydrogen-bond donors (Lipinski definition) is 0. The lowest BCUT2D eigenvalue weighted by Gasteiger charge is -2.26. The van der Waals surface area contributed by atoms with E-state index in [9.17, 15) is 10.1 Å². The summed E-state index contributed by atoms with van der Waals surface area (Å²) >= 11 is 1.75. The highest BCUT2D eigenvalue weighted by Gasteiger charge is 2.24. The Labute approximate surface area is 153 Å². The summed E-state index contributed by atoms with van der Waals surface area (Å²) in [6.45, 7) is 8.50. The Kier molecular flexibility index (Phi) is 5.10. The summed E-state index contributed by atoms with van der Waals surface area (Å²) in [6, 6.07) is 6.25. The predicted molar refractivity (Wildman–Crippen MR) is 101 cm³/mol. The minimum atomic E-state index is -0.167. The van der Waals surface area contributed by atoms with E-state index in [1.54, 1.807) is 22.3 Å². The SMILES string of the molecule is CCCn1c(C)cc(/C=C(\C#N)C(=O)N2CCc3sccc3C2)c1C. The lowest BCUT2D eigenvalue weighted by Crippen LogP contribution is -2.36. The van der Waals surface area contributed by atoms with Crippen LogP contribution in [0.2, 0.25) is 0 Å². The molecule has 0 spiro atoms. The summed E-state index contributed by atoms with van der Waals surface area (Å²) in [5, 5.41) is 11.6. The van der Waals surface area contributed by atoms with E-state index in [4.69, 9.17) is 0 Å². The van der Waals surface area contributed by atoms with Gasteiger partial charge in [0.15, 0.2) is 0 Å². The maximum absolute atomic E-state index is 12.8. The minimum Gasteiger partial charge on any atom is -0.349 e. The summed E-state index contributed by atoms with van der Waals surface area (Å²) in [5.74, 6) is -0.167. The molecule has 0 unspecified atom stereocenters. The maximum atomic E-state index is 12.8. The maximum Gasteiger partial charge on any atom is 0.264 e. The van der Waals surface area contributed by atoms with E-state index in [1.807, 2.05) is 6.92 Å². The molecule has 1 aliphatic rings. The van der Waals surface area contributed by atoms with Gasteiger partial charge >= 0.3 is 0 Å². The summed E-state index contributed by atoms with van der Waals surface area (Å²) in [5.41, 5.74) is 4.66. The van der Waals surface area contributed by atoms with Gasteiger partial charge in [-0.15, -0.1) is 11.3 Å². The molecule has 5 heteroatoms. The first-order valence-electron chi connectivity index (χ1n) is 8.68. The molecule has 0 bridgehead atoms.